The van der Waals surface area contributed by atoms with Gasteiger partial charge < -0.3 is 5.11 Å². The van der Waals surface area contributed by atoms with E-state index in [1.807, 2.05) is 0 Å². The van der Waals surface area contributed by atoms with Gasteiger partial charge in [0.05, 0.1) is 12.0 Å². The van der Waals surface area contributed by atoms with E-state index in [1.54, 1.807) is 0 Å². The Morgan fingerprint density at radius 1 is 1.44 bits per heavy atom. The second-order valence-corrected chi connectivity index (χ2v) is 3.35. The Bertz CT molecular complexity index is 112. The van der Waals surface area contributed by atoms with Gasteiger partial charge in [0.2, 0.25) is 0 Å². The second-order valence-electron chi connectivity index (χ2n) is 2.29. The average Bonchev–Trinajstić information content (AvgIpc) is 1.57. The van der Waals surface area contributed by atoms with Crippen LogP contribution in [-0.4, -0.2) is 16.0 Å². The van der Waals surface area contributed by atoms with E-state index in [9.17, 15) is 8.78 Å². The summed E-state index contributed by atoms with van der Waals surface area (Å²) in [6.07, 6.45) is 0.116. The fourth-order valence-electron chi connectivity index (χ4n) is 0.864. The number of aliphatic hydroxyl groups is 1. The molecule has 0 amide bonds. The van der Waals surface area contributed by atoms with Crippen molar-refractivity contribution in [3.8, 4) is 0 Å². The Morgan fingerprint density at radius 2 is 2.00 bits per heavy atom. The molecule has 1 nitrogen and oxygen atoms in total. The molecule has 1 saturated carbocycles. The number of aliphatic hydroxyl groups excluding tert-OH is 1. The van der Waals surface area contributed by atoms with Gasteiger partial charge in [0.15, 0.2) is 0 Å². The van der Waals surface area contributed by atoms with E-state index in [1.165, 1.54) is 0 Å². The second kappa shape index (κ2) is 2.16. The van der Waals surface area contributed by atoms with Crippen molar-refractivity contribution in [3.63, 3.8) is 0 Å². The highest BCUT2D eigenvalue weighted by molar-refractivity contribution is 9.10. The molecular formula is C5H7BrF2O. The molecule has 1 aliphatic rings. The molecular weight excluding hydrogens is 194 g/mol. The average molecular weight is 201 g/mol. The lowest BCUT2D eigenvalue weighted by atomic mass is 9.82. The van der Waals surface area contributed by atoms with E-state index in [-0.39, 0.29) is 0 Å². The zero-order valence-electron chi connectivity index (χ0n) is 4.65. The van der Waals surface area contributed by atoms with E-state index in [0.29, 0.717) is 12.8 Å². The van der Waals surface area contributed by atoms with Crippen LogP contribution in [-0.2, 0) is 0 Å². The van der Waals surface area contributed by atoms with Crippen LogP contribution in [0.15, 0.2) is 0 Å². The van der Waals surface area contributed by atoms with E-state index in [2.05, 4.69) is 15.9 Å². The molecule has 0 aromatic carbocycles. The molecule has 2 atom stereocenters. The molecule has 0 heterocycles. The summed E-state index contributed by atoms with van der Waals surface area (Å²) < 4.78 is 24.3. The number of hydrogen-bond acceptors (Lipinski definition) is 1. The summed E-state index contributed by atoms with van der Waals surface area (Å²) in [5.41, 5.74) is 0. The van der Waals surface area contributed by atoms with Crippen molar-refractivity contribution < 1.29 is 13.9 Å². The van der Waals surface area contributed by atoms with Gasteiger partial charge in [-0.1, -0.05) is 0 Å². The van der Waals surface area contributed by atoms with Crippen LogP contribution in [0.25, 0.3) is 0 Å². The summed E-state index contributed by atoms with van der Waals surface area (Å²) in [5.74, 6) is -0.863. The number of alkyl halides is 3. The highest BCUT2D eigenvalue weighted by atomic mass is 79.9. The third-order valence-corrected chi connectivity index (χ3v) is 2.25. The predicted molar refractivity (Wildman–Crippen MR) is 32.6 cm³/mol. The maximum absolute atomic E-state index is 12.2. The molecule has 1 rings (SSSR count). The zero-order chi connectivity index (χ0) is 7.07. The molecule has 1 fully saturated rings. The minimum Gasteiger partial charge on any atom is -0.393 e. The van der Waals surface area contributed by atoms with Crippen LogP contribution < -0.4 is 0 Å². The van der Waals surface area contributed by atoms with Gasteiger partial charge in [0.25, 0.3) is 0 Å². The maximum atomic E-state index is 12.2. The molecule has 0 aromatic rings. The zero-order valence-corrected chi connectivity index (χ0v) is 6.24. The normalized spacial score (nSPS) is 36.0. The quantitative estimate of drug-likeness (QED) is 0.640. The summed E-state index contributed by atoms with van der Waals surface area (Å²) >= 11 is 2.20. The van der Waals surface area contributed by atoms with Gasteiger partial charge in [-0.25, -0.2) is 0 Å². The third-order valence-electron chi connectivity index (χ3n) is 1.66. The lowest BCUT2D eigenvalue weighted by molar-refractivity contribution is -0.0840. The predicted octanol–water partition coefficient (Wildman–Crippen LogP) is 1.75. The summed E-state index contributed by atoms with van der Waals surface area (Å²) in [6.45, 7) is 0. The fourth-order valence-corrected chi connectivity index (χ4v) is 1.40. The van der Waals surface area contributed by atoms with E-state index >= 15 is 0 Å². The molecule has 0 saturated heterocycles. The van der Waals surface area contributed by atoms with Gasteiger partial charge in [-0.3, -0.25) is 0 Å². The van der Waals surface area contributed by atoms with Crippen LogP contribution in [0, 0.1) is 5.92 Å². The molecule has 1 N–H and O–H groups in total. The highest BCUT2D eigenvalue weighted by Crippen LogP contribution is 2.43. The van der Waals surface area contributed by atoms with Gasteiger partial charge >= 0.3 is 4.83 Å². The van der Waals surface area contributed by atoms with Crippen molar-refractivity contribution in [2.75, 3.05) is 0 Å². The van der Waals surface area contributed by atoms with Crippen molar-refractivity contribution >= 4 is 15.9 Å². The van der Waals surface area contributed by atoms with Crippen LogP contribution >= 0.6 is 15.9 Å². The Hall–Kier alpha value is 0.300. The Kier molecular flexibility index (Phi) is 1.78. The molecule has 54 valence electrons. The first-order valence-corrected chi connectivity index (χ1v) is 3.56. The van der Waals surface area contributed by atoms with Gasteiger partial charge in [0.1, 0.15) is 0 Å². The van der Waals surface area contributed by atoms with Crippen molar-refractivity contribution in [1.29, 1.82) is 0 Å². The summed E-state index contributed by atoms with van der Waals surface area (Å²) in [4.78, 5) is -2.87. The minimum atomic E-state index is -2.87. The van der Waals surface area contributed by atoms with Crippen molar-refractivity contribution in [2.24, 2.45) is 5.92 Å². The molecule has 0 spiro atoms. The number of halogens is 3. The van der Waals surface area contributed by atoms with Crippen molar-refractivity contribution in [1.82, 2.24) is 0 Å². The van der Waals surface area contributed by atoms with E-state index in [0.717, 1.165) is 0 Å². The van der Waals surface area contributed by atoms with Gasteiger partial charge in [-0.05, 0) is 28.8 Å². The maximum Gasteiger partial charge on any atom is 0.306 e. The molecule has 1 aliphatic carbocycles. The SMILES string of the molecule is OC1CCC1C(F)(F)Br. The molecule has 0 bridgehead atoms. The Balaban J connectivity index is 2.44. The van der Waals surface area contributed by atoms with Gasteiger partial charge in [-0.15, -0.1) is 0 Å². The molecule has 9 heavy (non-hydrogen) atoms. The fraction of sp³-hybridized carbons (Fsp3) is 1.00. The van der Waals surface area contributed by atoms with E-state index < -0.39 is 16.9 Å². The summed E-state index contributed by atoms with van der Waals surface area (Å²) in [6, 6.07) is 0. The Labute approximate surface area is 60.2 Å². The lowest BCUT2D eigenvalue weighted by Gasteiger charge is -2.35. The minimum absolute atomic E-state index is 0.416. The molecule has 0 radical (unpaired) electrons. The van der Waals surface area contributed by atoms with Crippen molar-refractivity contribution in [2.45, 2.75) is 23.8 Å². The topological polar surface area (TPSA) is 20.2 Å². The Morgan fingerprint density at radius 3 is 2.00 bits per heavy atom. The smallest absolute Gasteiger partial charge is 0.306 e. The van der Waals surface area contributed by atoms with Crippen LogP contribution in [0.4, 0.5) is 8.78 Å². The lowest BCUT2D eigenvalue weighted by Crippen LogP contribution is -2.41. The van der Waals surface area contributed by atoms with Gasteiger partial charge in [0, 0.05) is 0 Å². The summed E-state index contributed by atoms with van der Waals surface area (Å²) in [5, 5.41) is 8.73. The first-order chi connectivity index (χ1) is 4.02. The first-order valence-electron chi connectivity index (χ1n) is 2.76. The van der Waals surface area contributed by atoms with Gasteiger partial charge in [-0.2, -0.15) is 8.78 Å². The van der Waals surface area contributed by atoms with Crippen molar-refractivity contribution in [3.05, 3.63) is 0 Å². The number of rotatable bonds is 1. The van der Waals surface area contributed by atoms with Crippen LogP contribution in [0.1, 0.15) is 12.8 Å². The third kappa shape index (κ3) is 1.41. The largest absolute Gasteiger partial charge is 0.393 e. The standard InChI is InChI=1S/C5H7BrF2O/c6-5(7,8)3-1-2-4(3)9/h3-4,9H,1-2H2. The van der Waals surface area contributed by atoms with E-state index in [4.69, 9.17) is 5.11 Å². The number of hydrogen-bond donors (Lipinski definition) is 1. The summed E-state index contributed by atoms with van der Waals surface area (Å²) in [7, 11) is 0. The molecule has 4 heteroatoms. The van der Waals surface area contributed by atoms with Crippen LogP contribution in [0.3, 0.4) is 0 Å². The highest BCUT2D eigenvalue weighted by Gasteiger charge is 2.46. The first kappa shape index (κ1) is 7.41. The monoisotopic (exact) mass is 200 g/mol. The van der Waals surface area contributed by atoms with Crippen LogP contribution in [0.2, 0.25) is 0 Å². The molecule has 0 aromatic heterocycles. The molecule has 0 aliphatic heterocycles. The van der Waals surface area contributed by atoms with Crippen LogP contribution in [0.5, 0.6) is 0 Å². The molecule has 2 unspecified atom stereocenters.